The Morgan fingerprint density at radius 1 is 1.09 bits per heavy atom. The molecule has 1 aliphatic heterocycles. The van der Waals surface area contributed by atoms with Gasteiger partial charge in [-0.2, -0.15) is 0 Å². The van der Waals surface area contributed by atoms with Gasteiger partial charge in [0.2, 0.25) is 5.78 Å². The largest absolute Gasteiger partial charge is 0.480 e. The molecule has 0 bridgehead atoms. The van der Waals surface area contributed by atoms with Crippen LogP contribution in [-0.2, 0) is 56.3 Å². The first-order valence-electron chi connectivity index (χ1n) is 13.4. The highest BCUT2D eigenvalue weighted by Gasteiger charge is 2.51. The molecule has 44 heavy (non-hydrogen) atoms. The number of esters is 3. The van der Waals surface area contributed by atoms with Crippen LogP contribution in [0.2, 0.25) is 0 Å². The number of carbonyl (C=O) groups excluding carboxylic acids is 4. The fourth-order valence-corrected chi connectivity index (χ4v) is 5.16. The molecule has 1 saturated heterocycles. The van der Waals surface area contributed by atoms with Gasteiger partial charge in [0.25, 0.3) is 5.56 Å². The summed E-state index contributed by atoms with van der Waals surface area (Å²) in [7, 11) is 2.72. The van der Waals surface area contributed by atoms with E-state index in [9.17, 15) is 33.9 Å². The second-order valence-corrected chi connectivity index (χ2v) is 10.0. The van der Waals surface area contributed by atoms with Crippen LogP contribution in [0.3, 0.4) is 0 Å². The van der Waals surface area contributed by atoms with Crippen molar-refractivity contribution in [2.45, 2.75) is 71.1 Å². The van der Waals surface area contributed by atoms with Gasteiger partial charge in [0.15, 0.2) is 29.6 Å². The molecular weight excluding hydrogens is 588 g/mol. The number of nitrogens with one attached hydrogen (secondary N) is 1. The molecule has 3 aromatic rings. The smallest absolute Gasteiger partial charge is 0.407 e. The van der Waals surface area contributed by atoms with Gasteiger partial charge in [0.1, 0.15) is 18.8 Å². The summed E-state index contributed by atoms with van der Waals surface area (Å²) in [5.74, 6) is -3.11. The minimum atomic E-state index is -1.29. The van der Waals surface area contributed by atoms with Crippen molar-refractivity contribution >= 4 is 46.9 Å². The van der Waals surface area contributed by atoms with Gasteiger partial charge >= 0.3 is 30.0 Å². The minimum Gasteiger partial charge on any atom is -0.480 e. The standard InChI is InChI=1S/C26H32N6O12/c1-11-16(8-7-15(24(37)38)29-26(39)40-6)32-22(36)18-21(30(5)25(32)28-11)31(10-27-18)23-20(43-14(4)35)19(42-13(3)34)17(44-23)9-41-12(2)33/h10,15,17,19-20,23H,7-9H2,1-6H3,(H,29,39)(H,37,38)/t15-,17+,19+,20+,23+/m0/s1. The number of methoxy groups -OCH3 is 1. The Morgan fingerprint density at radius 2 is 1.75 bits per heavy atom. The summed E-state index contributed by atoms with van der Waals surface area (Å²) in [6.07, 6.45) is -4.22. The Labute approximate surface area is 248 Å². The Kier molecular flexibility index (Phi) is 9.22. The number of nitrogens with zero attached hydrogens (tertiary/aromatic N) is 5. The molecule has 2 N–H and O–H groups in total. The Bertz CT molecular complexity index is 1690. The molecule has 0 aliphatic carbocycles. The van der Waals surface area contributed by atoms with Gasteiger partial charge in [-0.05, 0) is 19.8 Å². The van der Waals surface area contributed by atoms with Crippen LogP contribution in [-0.4, -0.2) is 96.7 Å². The number of hydrogen-bond donors (Lipinski definition) is 2. The van der Waals surface area contributed by atoms with Crippen molar-refractivity contribution in [1.29, 1.82) is 0 Å². The lowest BCUT2D eigenvalue weighted by molar-refractivity contribution is -0.166. The molecule has 1 aliphatic rings. The van der Waals surface area contributed by atoms with E-state index in [2.05, 4.69) is 20.0 Å². The maximum absolute atomic E-state index is 13.8. The van der Waals surface area contributed by atoms with Crippen molar-refractivity contribution in [3.05, 3.63) is 28.1 Å². The number of aromatic nitrogens is 5. The van der Waals surface area contributed by atoms with Crippen LogP contribution >= 0.6 is 0 Å². The molecule has 18 nitrogen and oxygen atoms in total. The SMILES string of the molecule is COC(=O)N[C@@H](CCc1c(C)nc2n(C)c3c(ncn3[C@@H]3O[C@H](COC(C)=O)[C@@H](OC(C)=O)[C@H]3OC(C)=O)c(=O)n12)C(=O)O. The van der Waals surface area contributed by atoms with Crippen molar-refractivity contribution in [2.24, 2.45) is 7.05 Å². The molecule has 0 radical (unpaired) electrons. The number of aryl methyl sites for hydroxylation is 3. The summed E-state index contributed by atoms with van der Waals surface area (Å²) < 4.78 is 30.9. The molecule has 18 heteroatoms. The van der Waals surface area contributed by atoms with E-state index in [0.717, 1.165) is 21.0 Å². The summed E-state index contributed by atoms with van der Waals surface area (Å²) >= 11 is 0. The summed E-state index contributed by atoms with van der Waals surface area (Å²) in [6.45, 7) is 4.85. The van der Waals surface area contributed by atoms with Crippen molar-refractivity contribution in [3.8, 4) is 0 Å². The van der Waals surface area contributed by atoms with E-state index in [1.807, 2.05) is 0 Å². The van der Waals surface area contributed by atoms with Crippen molar-refractivity contribution in [1.82, 2.24) is 28.8 Å². The van der Waals surface area contributed by atoms with Crippen LogP contribution in [0.25, 0.3) is 16.9 Å². The van der Waals surface area contributed by atoms with Crippen LogP contribution in [0.1, 0.15) is 44.8 Å². The average Bonchev–Trinajstić information content (AvgIpc) is 3.62. The molecule has 4 heterocycles. The van der Waals surface area contributed by atoms with E-state index in [0.29, 0.717) is 11.4 Å². The van der Waals surface area contributed by atoms with Gasteiger partial charge in [-0.1, -0.05) is 0 Å². The highest BCUT2D eigenvalue weighted by atomic mass is 16.7. The van der Waals surface area contributed by atoms with Crippen molar-refractivity contribution in [2.75, 3.05) is 13.7 Å². The van der Waals surface area contributed by atoms with Gasteiger partial charge in [-0.25, -0.2) is 24.0 Å². The molecule has 0 aromatic carbocycles. The van der Waals surface area contributed by atoms with E-state index in [-0.39, 0.29) is 36.4 Å². The summed E-state index contributed by atoms with van der Waals surface area (Å²) in [5.41, 5.74) is 0.447. The second kappa shape index (κ2) is 12.7. The number of ether oxygens (including phenoxy) is 5. The van der Waals surface area contributed by atoms with Crippen LogP contribution < -0.4 is 10.9 Å². The molecular formula is C26H32N6O12. The Balaban J connectivity index is 1.79. The predicted molar refractivity (Wildman–Crippen MR) is 145 cm³/mol. The van der Waals surface area contributed by atoms with Gasteiger partial charge in [0, 0.05) is 27.8 Å². The first-order valence-corrected chi connectivity index (χ1v) is 13.4. The van der Waals surface area contributed by atoms with Crippen molar-refractivity contribution in [3.63, 3.8) is 0 Å². The predicted octanol–water partition coefficient (Wildman–Crippen LogP) is -0.243. The molecule has 5 atom stereocenters. The second-order valence-electron chi connectivity index (χ2n) is 10.0. The maximum atomic E-state index is 13.8. The molecule has 0 saturated carbocycles. The Morgan fingerprint density at radius 3 is 2.34 bits per heavy atom. The van der Waals surface area contributed by atoms with Crippen LogP contribution in [0, 0.1) is 6.92 Å². The fraction of sp³-hybridized carbons (Fsp3) is 0.538. The maximum Gasteiger partial charge on any atom is 0.407 e. The molecule has 0 unspecified atom stereocenters. The zero-order chi connectivity index (χ0) is 32.5. The van der Waals surface area contributed by atoms with Gasteiger partial charge in [0.05, 0.1) is 24.8 Å². The van der Waals surface area contributed by atoms with E-state index < -0.39 is 66.1 Å². The third-order valence-electron chi connectivity index (χ3n) is 7.01. The number of rotatable bonds is 10. The van der Waals surface area contributed by atoms with E-state index in [1.54, 1.807) is 18.5 Å². The van der Waals surface area contributed by atoms with Crippen LogP contribution in [0.4, 0.5) is 4.79 Å². The molecule has 1 amide bonds. The molecule has 1 fully saturated rings. The normalized spacial score (nSPS) is 20.3. The summed E-state index contributed by atoms with van der Waals surface area (Å²) in [4.78, 5) is 81.4. The fourth-order valence-electron chi connectivity index (χ4n) is 5.16. The van der Waals surface area contributed by atoms with E-state index in [4.69, 9.17) is 18.9 Å². The Hall–Kier alpha value is -5.00. The zero-order valence-corrected chi connectivity index (χ0v) is 24.8. The molecule has 0 spiro atoms. The van der Waals surface area contributed by atoms with E-state index in [1.165, 1.54) is 22.2 Å². The molecule has 3 aromatic heterocycles. The monoisotopic (exact) mass is 620 g/mol. The average molecular weight is 621 g/mol. The quantitative estimate of drug-likeness (QED) is 0.221. The molecule has 4 rings (SSSR count). The lowest BCUT2D eigenvalue weighted by atomic mass is 10.1. The van der Waals surface area contributed by atoms with Crippen LogP contribution in [0.5, 0.6) is 0 Å². The number of fused-ring (bicyclic) bond motifs is 2. The first kappa shape index (κ1) is 31.9. The van der Waals surface area contributed by atoms with Crippen LogP contribution in [0.15, 0.2) is 11.1 Å². The van der Waals surface area contributed by atoms with Gasteiger partial charge in [-0.3, -0.25) is 28.3 Å². The molecule has 238 valence electrons. The van der Waals surface area contributed by atoms with Gasteiger partial charge in [-0.15, -0.1) is 0 Å². The number of carboxylic acid groups (broad SMARTS) is 1. The minimum absolute atomic E-state index is 0.0289. The first-order chi connectivity index (χ1) is 20.7. The number of hydrogen-bond acceptors (Lipinski definition) is 13. The number of amides is 1. The highest BCUT2D eigenvalue weighted by molar-refractivity contribution is 5.80. The number of carbonyl (C=O) groups is 5. The number of carboxylic acids is 1. The lowest BCUT2D eigenvalue weighted by Crippen LogP contribution is -2.41. The topological polar surface area (TPSA) is 221 Å². The number of alkyl carbamates (subject to hydrolysis) is 1. The lowest BCUT2D eigenvalue weighted by Gasteiger charge is -2.24. The highest BCUT2D eigenvalue weighted by Crippen LogP contribution is 2.36. The number of aliphatic carboxylic acids is 1. The van der Waals surface area contributed by atoms with Crippen molar-refractivity contribution < 1.29 is 52.8 Å². The van der Waals surface area contributed by atoms with E-state index >= 15 is 0 Å². The number of imidazole rings is 2. The summed E-state index contributed by atoms with van der Waals surface area (Å²) in [5, 5.41) is 11.8. The van der Waals surface area contributed by atoms with Gasteiger partial charge < -0.3 is 34.1 Å². The summed E-state index contributed by atoms with van der Waals surface area (Å²) in [6, 6.07) is -1.29. The zero-order valence-electron chi connectivity index (χ0n) is 24.8. The third-order valence-corrected chi connectivity index (χ3v) is 7.01. The third kappa shape index (κ3) is 6.19.